The fraction of sp³-hybridized carbons (Fsp3) is 0.100. The summed E-state index contributed by atoms with van der Waals surface area (Å²) in [5.41, 5.74) is 7.95. The number of benzene rings is 6. The number of thiophene rings is 1. The molecule has 43 heavy (non-hydrogen) atoms. The summed E-state index contributed by atoms with van der Waals surface area (Å²) in [6, 6.07) is 54.0. The van der Waals surface area contributed by atoms with E-state index in [2.05, 4.69) is 155 Å². The Morgan fingerprint density at radius 2 is 1.28 bits per heavy atom. The van der Waals surface area contributed by atoms with Crippen molar-refractivity contribution in [2.45, 2.75) is 23.4 Å². The zero-order valence-corrected chi connectivity index (χ0v) is 24.3. The molecule has 0 amide bonds. The van der Waals surface area contributed by atoms with Gasteiger partial charge in [0.25, 0.3) is 0 Å². The molecular weight excluding hydrogens is 541 g/mol. The highest BCUT2D eigenvalue weighted by atomic mass is 32.1. The van der Waals surface area contributed by atoms with Crippen molar-refractivity contribution >= 4 is 53.3 Å². The second kappa shape index (κ2) is 8.44. The van der Waals surface area contributed by atoms with Crippen molar-refractivity contribution in [3.05, 3.63) is 162 Å². The largest absolute Gasteiger partial charge is 0.309 e. The van der Waals surface area contributed by atoms with Crippen LogP contribution in [0, 0.1) is 0 Å². The number of rotatable bonds is 4. The molecular formula is C40H28N2S. The standard InChI is InChI=1S/C40H28N2S/c1-4-12-27(13-5-1)39-25-40(39,28-14-6-2-7-15-28)41-38(39)26-20-22-33-32(24-26)36-34(42(33)29-16-8-3-9-17-29)23-21-31-30-18-10-11-19-35(30)43-37(31)36/h1-24,38,41H,25H2/t38-,39?,40?/m0/s1. The molecule has 3 heterocycles. The molecule has 1 N–H and O–H groups in total. The third kappa shape index (κ3) is 3.01. The molecule has 2 unspecified atom stereocenters. The summed E-state index contributed by atoms with van der Waals surface area (Å²) in [7, 11) is 0. The molecule has 2 fully saturated rings. The van der Waals surface area contributed by atoms with Crippen LogP contribution in [0.5, 0.6) is 0 Å². The molecule has 1 aliphatic carbocycles. The van der Waals surface area contributed by atoms with E-state index in [1.54, 1.807) is 0 Å². The molecule has 3 atom stereocenters. The molecule has 1 saturated carbocycles. The van der Waals surface area contributed by atoms with Crippen LogP contribution in [0.4, 0.5) is 0 Å². The number of fused-ring (bicyclic) bond motifs is 8. The van der Waals surface area contributed by atoms with Gasteiger partial charge in [0, 0.05) is 48.1 Å². The van der Waals surface area contributed by atoms with E-state index in [0.29, 0.717) is 0 Å². The number of aromatic nitrogens is 1. The van der Waals surface area contributed by atoms with Gasteiger partial charge in [-0.2, -0.15) is 0 Å². The average molecular weight is 569 g/mol. The van der Waals surface area contributed by atoms with Crippen LogP contribution >= 0.6 is 11.3 Å². The van der Waals surface area contributed by atoms with E-state index < -0.39 is 0 Å². The molecule has 204 valence electrons. The summed E-state index contributed by atoms with van der Waals surface area (Å²) in [6.07, 6.45) is 1.11. The lowest BCUT2D eigenvalue weighted by atomic mass is 9.71. The van der Waals surface area contributed by atoms with E-state index in [4.69, 9.17) is 0 Å². The van der Waals surface area contributed by atoms with Gasteiger partial charge < -0.3 is 4.57 Å². The molecule has 2 nitrogen and oxygen atoms in total. The maximum atomic E-state index is 4.11. The van der Waals surface area contributed by atoms with Crippen molar-refractivity contribution in [3.8, 4) is 5.69 Å². The summed E-state index contributed by atoms with van der Waals surface area (Å²) in [6.45, 7) is 0. The number of nitrogens with zero attached hydrogens (tertiary/aromatic N) is 1. The summed E-state index contributed by atoms with van der Waals surface area (Å²) in [5.74, 6) is 0. The zero-order chi connectivity index (χ0) is 28.2. The van der Waals surface area contributed by atoms with Crippen molar-refractivity contribution in [2.24, 2.45) is 0 Å². The van der Waals surface area contributed by atoms with Crippen molar-refractivity contribution in [2.75, 3.05) is 0 Å². The van der Waals surface area contributed by atoms with E-state index in [-0.39, 0.29) is 17.0 Å². The van der Waals surface area contributed by atoms with E-state index in [9.17, 15) is 0 Å². The first-order valence-electron chi connectivity index (χ1n) is 15.1. The third-order valence-electron chi connectivity index (χ3n) is 10.3. The van der Waals surface area contributed by atoms with Crippen molar-refractivity contribution in [1.29, 1.82) is 0 Å². The predicted octanol–water partition coefficient (Wildman–Crippen LogP) is 10.0. The van der Waals surface area contributed by atoms with Crippen LogP contribution in [0.25, 0.3) is 47.7 Å². The fourth-order valence-electron chi connectivity index (χ4n) is 8.32. The zero-order valence-electron chi connectivity index (χ0n) is 23.5. The minimum absolute atomic E-state index is 0.00792. The molecule has 8 aromatic rings. The van der Waals surface area contributed by atoms with Crippen LogP contribution in [0.2, 0.25) is 0 Å². The molecule has 0 radical (unpaired) electrons. The van der Waals surface area contributed by atoms with Gasteiger partial charge in [-0.25, -0.2) is 0 Å². The Labute approximate surface area is 253 Å². The van der Waals surface area contributed by atoms with E-state index in [1.807, 2.05) is 11.3 Å². The monoisotopic (exact) mass is 568 g/mol. The van der Waals surface area contributed by atoms with Crippen LogP contribution in [-0.2, 0) is 11.0 Å². The predicted molar refractivity (Wildman–Crippen MR) is 180 cm³/mol. The second-order valence-corrected chi connectivity index (χ2v) is 13.3. The van der Waals surface area contributed by atoms with Gasteiger partial charge in [0.15, 0.2) is 0 Å². The van der Waals surface area contributed by atoms with Gasteiger partial charge in [0.1, 0.15) is 0 Å². The lowest BCUT2D eigenvalue weighted by Crippen LogP contribution is -2.55. The molecule has 0 spiro atoms. The Hall–Kier alpha value is -4.70. The van der Waals surface area contributed by atoms with Crippen LogP contribution < -0.4 is 5.32 Å². The van der Waals surface area contributed by atoms with Crippen LogP contribution in [-0.4, -0.2) is 4.57 Å². The highest BCUT2D eigenvalue weighted by Crippen LogP contribution is 2.77. The third-order valence-corrected chi connectivity index (χ3v) is 11.5. The van der Waals surface area contributed by atoms with Gasteiger partial charge >= 0.3 is 0 Å². The van der Waals surface area contributed by atoms with E-state index >= 15 is 0 Å². The molecule has 1 aliphatic heterocycles. The Morgan fingerprint density at radius 1 is 0.605 bits per heavy atom. The smallest absolute Gasteiger partial charge is 0.0566 e. The van der Waals surface area contributed by atoms with Gasteiger partial charge in [-0.3, -0.25) is 5.32 Å². The SMILES string of the molecule is c1ccc(-n2c3ccc([C@@H]4NC5(c6ccccc6)CC45c4ccccc4)cc3c3c4sc5ccccc5c4ccc32)cc1. The molecule has 2 aliphatic rings. The highest BCUT2D eigenvalue weighted by Gasteiger charge is 2.80. The van der Waals surface area contributed by atoms with Crippen molar-refractivity contribution in [3.63, 3.8) is 0 Å². The molecule has 10 rings (SSSR count). The maximum absolute atomic E-state index is 4.11. The fourth-order valence-corrected chi connectivity index (χ4v) is 9.58. The average Bonchev–Trinajstić information content (AvgIpc) is 3.30. The lowest BCUT2D eigenvalue weighted by Gasteiger charge is -2.46. The Kier molecular flexibility index (Phi) is 4.68. The topological polar surface area (TPSA) is 17.0 Å². The first-order chi connectivity index (χ1) is 21.3. The molecule has 6 aromatic carbocycles. The molecule has 2 aromatic heterocycles. The Balaban J connectivity index is 1.23. The van der Waals surface area contributed by atoms with Gasteiger partial charge in [0.05, 0.1) is 16.6 Å². The maximum Gasteiger partial charge on any atom is 0.0566 e. The summed E-state index contributed by atoms with van der Waals surface area (Å²) in [4.78, 5) is 0. The normalized spacial score (nSPS) is 22.7. The molecule has 0 bridgehead atoms. The van der Waals surface area contributed by atoms with Gasteiger partial charge in [-0.1, -0.05) is 109 Å². The first-order valence-corrected chi connectivity index (χ1v) is 15.9. The minimum Gasteiger partial charge on any atom is -0.309 e. The van der Waals surface area contributed by atoms with Gasteiger partial charge in [-0.05, 0) is 59.5 Å². The quantitative estimate of drug-likeness (QED) is 0.224. The molecule has 3 heteroatoms. The first kappa shape index (κ1) is 23.8. The van der Waals surface area contributed by atoms with Crippen molar-refractivity contribution < 1.29 is 0 Å². The van der Waals surface area contributed by atoms with Crippen LogP contribution in [0.1, 0.15) is 29.2 Å². The number of hydrogen-bond acceptors (Lipinski definition) is 2. The van der Waals surface area contributed by atoms with Crippen LogP contribution in [0.15, 0.2) is 146 Å². The van der Waals surface area contributed by atoms with E-state index in [1.165, 1.54) is 64.4 Å². The summed E-state index contributed by atoms with van der Waals surface area (Å²) >= 11 is 1.92. The Bertz CT molecular complexity index is 2350. The number of nitrogens with one attached hydrogen (secondary N) is 1. The number of para-hydroxylation sites is 1. The molecule has 1 saturated heterocycles. The minimum atomic E-state index is -0.00792. The summed E-state index contributed by atoms with van der Waals surface area (Å²) in [5, 5.41) is 9.49. The highest BCUT2D eigenvalue weighted by molar-refractivity contribution is 7.26. The number of hydrogen-bond donors (Lipinski definition) is 1. The lowest BCUT2D eigenvalue weighted by molar-refractivity contribution is 0.214. The summed E-state index contributed by atoms with van der Waals surface area (Å²) < 4.78 is 5.17. The van der Waals surface area contributed by atoms with Crippen molar-refractivity contribution in [1.82, 2.24) is 9.88 Å². The Morgan fingerprint density at radius 3 is 2.07 bits per heavy atom. The van der Waals surface area contributed by atoms with Gasteiger partial charge in [-0.15, -0.1) is 11.3 Å². The van der Waals surface area contributed by atoms with E-state index in [0.717, 1.165) is 6.42 Å². The second-order valence-electron chi connectivity index (χ2n) is 12.2. The van der Waals surface area contributed by atoms with Crippen LogP contribution in [0.3, 0.4) is 0 Å². The van der Waals surface area contributed by atoms with Gasteiger partial charge in [0.2, 0.25) is 0 Å².